The summed E-state index contributed by atoms with van der Waals surface area (Å²) in [6.45, 7) is 10.5. The lowest BCUT2D eigenvalue weighted by atomic mass is 9.74. The van der Waals surface area contributed by atoms with Crippen LogP contribution in [0.5, 0.6) is 0 Å². The van der Waals surface area contributed by atoms with Crippen molar-refractivity contribution in [1.82, 2.24) is 15.1 Å². The van der Waals surface area contributed by atoms with Gasteiger partial charge in [0.05, 0.1) is 0 Å². The standard InChI is InChI=1S/C19H33N3O2/c1-19(2,3)15-13-20-17(23)16(15)18(24)22-11-9-21(10-12-22)14-7-5-4-6-8-14/h14-16H,4-13H2,1-3H3,(H,20,23). The predicted molar refractivity (Wildman–Crippen MR) is 94.5 cm³/mol. The molecule has 24 heavy (non-hydrogen) atoms. The molecule has 1 saturated carbocycles. The third-order valence-corrected chi connectivity index (χ3v) is 6.28. The van der Waals surface area contributed by atoms with E-state index in [1.54, 1.807) is 0 Å². The molecule has 1 aliphatic carbocycles. The Labute approximate surface area is 146 Å². The van der Waals surface area contributed by atoms with Crippen molar-refractivity contribution in [3.8, 4) is 0 Å². The summed E-state index contributed by atoms with van der Waals surface area (Å²) in [4.78, 5) is 29.8. The number of hydrogen-bond acceptors (Lipinski definition) is 3. The highest BCUT2D eigenvalue weighted by atomic mass is 16.2. The van der Waals surface area contributed by atoms with Crippen molar-refractivity contribution >= 4 is 11.8 Å². The third kappa shape index (κ3) is 3.61. The molecule has 2 unspecified atom stereocenters. The van der Waals surface area contributed by atoms with Crippen molar-refractivity contribution in [3.63, 3.8) is 0 Å². The summed E-state index contributed by atoms with van der Waals surface area (Å²) in [6.07, 6.45) is 6.69. The molecule has 2 aliphatic heterocycles. The smallest absolute Gasteiger partial charge is 0.235 e. The second kappa shape index (κ2) is 7.03. The predicted octanol–water partition coefficient (Wildman–Crippen LogP) is 1.87. The van der Waals surface area contributed by atoms with Gasteiger partial charge < -0.3 is 10.2 Å². The van der Waals surface area contributed by atoms with Crippen molar-refractivity contribution < 1.29 is 9.59 Å². The minimum atomic E-state index is -0.494. The second-order valence-corrected chi connectivity index (χ2v) is 8.85. The molecule has 0 radical (unpaired) electrons. The lowest BCUT2D eigenvalue weighted by molar-refractivity contribution is -0.144. The largest absolute Gasteiger partial charge is 0.355 e. The zero-order valence-corrected chi connectivity index (χ0v) is 15.5. The Morgan fingerprint density at radius 1 is 1.04 bits per heavy atom. The Morgan fingerprint density at radius 3 is 2.25 bits per heavy atom. The van der Waals surface area contributed by atoms with Crippen LogP contribution in [0.15, 0.2) is 0 Å². The molecule has 2 amide bonds. The fourth-order valence-electron chi connectivity index (χ4n) is 4.66. The van der Waals surface area contributed by atoms with Gasteiger partial charge in [-0.3, -0.25) is 14.5 Å². The third-order valence-electron chi connectivity index (χ3n) is 6.28. The van der Waals surface area contributed by atoms with Gasteiger partial charge in [0.1, 0.15) is 5.92 Å². The van der Waals surface area contributed by atoms with E-state index in [0.29, 0.717) is 12.6 Å². The van der Waals surface area contributed by atoms with Crippen molar-refractivity contribution in [1.29, 1.82) is 0 Å². The molecule has 5 heteroatoms. The minimum absolute atomic E-state index is 0.0383. The molecule has 2 heterocycles. The van der Waals surface area contributed by atoms with E-state index < -0.39 is 5.92 Å². The van der Waals surface area contributed by atoms with Crippen molar-refractivity contribution in [2.24, 2.45) is 17.3 Å². The van der Waals surface area contributed by atoms with Gasteiger partial charge in [-0.25, -0.2) is 0 Å². The molecule has 5 nitrogen and oxygen atoms in total. The number of carbonyl (C=O) groups is 2. The van der Waals surface area contributed by atoms with Gasteiger partial charge in [-0.1, -0.05) is 40.0 Å². The van der Waals surface area contributed by atoms with Gasteiger partial charge in [-0.15, -0.1) is 0 Å². The first-order chi connectivity index (χ1) is 11.4. The van der Waals surface area contributed by atoms with E-state index in [1.165, 1.54) is 32.1 Å². The maximum absolute atomic E-state index is 13.0. The summed E-state index contributed by atoms with van der Waals surface area (Å²) in [6, 6.07) is 0.716. The van der Waals surface area contributed by atoms with Crippen molar-refractivity contribution in [2.45, 2.75) is 58.9 Å². The highest BCUT2D eigenvalue weighted by Crippen LogP contribution is 2.36. The highest BCUT2D eigenvalue weighted by Gasteiger charge is 2.47. The normalized spacial score (nSPS) is 30.5. The van der Waals surface area contributed by atoms with Gasteiger partial charge in [0, 0.05) is 44.7 Å². The van der Waals surface area contributed by atoms with Crippen LogP contribution in [0.25, 0.3) is 0 Å². The van der Waals surface area contributed by atoms with Gasteiger partial charge in [0.25, 0.3) is 0 Å². The molecule has 1 N–H and O–H groups in total. The van der Waals surface area contributed by atoms with Crippen LogP contribution in [0.4, 0.5) is 0 Å². The molecular weight excluding hydrogens is 302 g/mol. The number of piperazine rings is 1. The quantitative estimate of drug-likeness (QED) is 0.784. The van der Waals surface area contributed by atoms with Gasteiger partial charge in [-0.05, 0) is 18.3 Å². The van der Waals surface area contributed by atoms with Crippen LogP contribution in [0.2, 0.25) is 0 Å². The molecule has 3 rings (SSSR count). The molecule has 0 bridgehead atoms. The van der Waals surface area contributed by atoms with E-state index in [-0.39, 0.29) is 23.1 Å². The topological polar surface area (TPSA) is 52.7 Å². The highest BCUT2D eigenvalue weighted by molar-refractivity contribution is 6.02. The summed E-state index contributed by atoms with van der Waals surface area (Å²) in [5.74, 6) is -0.428. The summed E-state index contributed by atoms with van der Waals surface area (Å²) < 4.78 is 0. The van der Waals surface area contributed by atoms with Crippen LogP contribution in [0.3, 0.4) is 0 Å². The maximum atomic E-state index is 13.0. The molecule has 0 aromatic rings. The monoisotopic (exact) mass is 335 g/mol. The van der Waals surface area contributed by atoms with Gasteiger partial charge in [-0.2, -0.15) is 0 Å². The van der Waals surface area contributed by atoms with Crippen molar-refractivity contribution in [3.05, 3.63) is 0 Å². The van der Waals surface area contributed by atoms with Crippen molar-refractivity contribution in [2.75, 3.05) is 32.7 Å². The van der Waals surface area contributed by atoms with Crippen LogP contribution in [0, 0.1) is 17.3 Å². The number of nitrogens with zero attached hydrogens (tertiary/aromatic N) is 2. The first-order valence-corrected chi connectivity index (χ1v) is 9.68. The molecule has 2 saturated heterocycles. The summed E-state index contributed by atoms with van der Waals surface area (Å²) in [5.41, 5.74) is -0.0383. The fraction of sp³-hybridized carbons (Fsp3) is 0.895. The summed E-state index contributed by atoms with van der Waals surface area (Å²) in [7, 11) is 0. The lowest BCUT2D eigenvalue weighted by Crippen LogP contribution is -2.54. The van der Waals surface area contributed by atoms with E-state index in [1.807, 2.05) is 4.90 Å². The number of hydrogen-bond donors (Lipinski definition) is 1. The van der Waals surface area contributed by atoms with E-state index in [0.717, 1.165) is 26.2 Å². The zero-order chi connectivity index (χ0) is 17.3. The fourth-order valence-corrected chi connectivity index (χ4v) is 4.66. The van der Waals surface area contributed by atoms with E-state index >= 15 is 0 Å². The van der Waals surface area contributed by atoms with Crippen LogP contribution < -0.4 is 5.32 Å². The van der Waals surface area contributed by atoms with E-state index in [9.17, 15) is 9.59 Å². The molecule has 0 aromatic carbocycles. The average molecular weight is 335 g/mol. The van der Waals surface area contributed by atoms with Gasteiger partial charge in [0.15, 0.2) is 0 Å². The molecule has 2 atom stereocenters. The average Bonchev–Trinajstić information content (AvgIpc) is 2.97. The molecule has 3 fully saturated rings. The first-order valence-electron chi connectivity index (χ1n) is 9.68. The minimum Gasteiger partial charge on any atom is -0.355 e. The molecule has 0 aromatic heterocycles. The Kier molecular flexibility index (Phi) is 5.19. The molecule has 3 aliphatic rings. The van der Waals surface area contributed by atoms with E-state index in [2.05, 4.69) is 31.0 Å². The van der Waals surface area contributed by atoms with Gasteiger partial charge >= 0.3 is 0 Å². The molecule has 136 valence electrons. The lowest BCUT2D eigenvalue weighted by Gasteiger charge is -2.42. The Morgan fingerprint density at radius 2 is 1.67 bits per heavy atom. The van der Waals surface area contributed by atoms with Crippen LogP contribution in [0.1, 0.15) is 52.9 Å². The van der Waals surface area contributed by atoms with Gasteiger partial charge in [0.2, 0.25) is 11.8 Å². The van der Waals surface area contributed by atoms with E-state index in [4.69, 9.17) is 0 Å². The molecular formula is C19H33N3O2. The Bertz CT molecular complexity index is 471. The number of nitrogens with one attached hydrogen (secondary N) is 1. The molecule has 0 spiro atoms. The van der Waals surface area contributed by atoms with Crippen LogP contribution >= 0.6 is 0 Å². The van der Waals surface area contributed by atoms with Crippen LogP contribution in [-0.4, -0.2) is 60.4 Å². The SMILES string of the molecule is CC(C)(C)C1CNC(=O)C1C(=O)N1CCN(C2CCCCC2)CC1. The second-order valence-electron chi connectivity index (χ2n) is 8.85. The maximum Gasteiger partial charge on any atom is 0.235 e. The summed E-state index contributed by atoms with van der Waals surface area (Å²) in [5, 5.41) is 2.91. The number of carbonyl (C=O) groups excluding carboxylic acids is 2. The Hall–Kier alpha value is -1.10. The number of rotatable bonds is 2. The first kappa shape index (κ1) is 17.7. The Balaban J connectivity index is 1.59. The summed E-state index contributed by atoms with van der Waals surface area (Å²) >= 11 is 0. The van der Waals surface area contributed by atoms with Crippen LogP contribution in [-0.2, 0) is 9.59 Å². The number of amides is 2. The zero-order valence-electron chi connectivity index (χ0n) is 15.5.